The van der Waals surface area contributed by atoms with Crippen molar-refractivity contribution in [2.45, 2.75) is 19.4 Å². The van der Waals surface area contributed by atoms with Gasteiger partial charge in [0.1, 0.15) is 23.1 Å². The van der Waals surface area contributed by atoms with E-state index in [9.17, 15) is 9.18 Å². The third-order valence-electron chi connectivity index (χ3n) is 5.65. The highest BCUT2D eigenvalue weighted by Gasteiger charge is 2.38. The number of hydrogen-bond acceptors (Lipinski definition) is 7. The zero-order chi connectivity index (χ0) is 22.5. The molecular formula is C22H17FN8O2. The Morgan fingerprint density at radius 3 is 3.00 bits per heavy atom. The summed E-state index contributed by atoms with van der Waals surface area (Å²) in [7, 11) is 0. The molecule has 10 nitrogen and oxygen atoms in total. The fraction of sp³-hybridized carbons (Fsp3) is 0.182. The highest BCUT2D eigenvalue weighted by atomic mass is 19.1. The monoisotopic (exact) mass is 444 g/mol. The Morgan fingerprint density at radius 2 is 2.15 bits per heavy atom. The van der Waals surface area contributed by atoms with Gasteiger partial charge in [-0.15, -0.1) is 10.2 Å². The number of rotatable bonds is 3. The summed E-state index contributed by atoms with van der Waals surface area (Å²) in [4.78, 5) is 26.9. The number of carbonyl (C=O) groups excluding carboxylic acids is 1. The summed E-state index contributed by atoms with van der Waals surface area (Å²) in [6.45, 7) is 2.22. The van der Waals surface area contributed by atoms with Crippen LogP contribution in [0, 0.1) is 12.7 Å². The highest BCUT2D eigenvalue weighted by Crippen LogP contribution is 2.34. The van der Waals surface area contributed by atoms with Crippen LogP contribution in [0.25, 0.3) is 17.1 Å². The lowest BCUT2D eigenvalue weighted by molar-refractivity contribution is 0.0646. The van der Waals surface area contributed by atoms with E-state index >= 15 is 0 Å². The predicted octanol–water partition coefficient (Wildman–Crippen LogP) is 2.74. The molecule has 0 fully saturated rings. The van der Waals surface area contributed by atoms with E-state index in [1.54, 1.807) is 35.6 Å². The Hall–Kier alpha value is -4.41. The summed E-state index contributed by atoms with van der Waals surface area (Å²) < 4.78 is 21.4. The fourth-order valence-electron chi connectivity index (χ4n) is 4.13. The maximum absolute atomic E-state index is 14.3. The van der Waals surface area contributed by atoms with Gasteiger partial charge >= 0.3 is 11.8 Å². The van der Waals surface area contributed by atoms with Gasteiger partial charge in [0, 0.05) is 30.6 Å². The van der Waals surface area contributed by atoms with Crippen LogP contribution in [-0.2, 0) is 6.42 Å². The topological polar surface area (TPSA) is 118 Å². The number of nitrogens with zero attached hydrogens (tertiary/aromatic N) is 7. The molecule has 1 N–H and O–H groups in total. The molecule has 1 aliphatic rings. The zero-order valence-corrected chi connectivity index (χ0v) is 17.4. The van der Waals surface area contributed by atoms with Crippen LogP contribution in [0.3, 0.4) is 0 Å². The molecule has 6 heterocycles. The second-order valence-corrected chi connectivity index (χ2v) is 7.75. The van der Waals surface area contributed by atoms with Crippen LogP contribution >= 0.6 is 0 Å². The summed E-state index contributed by atoms with van der Waals surface area (Å²) in [5.74, 6) is -0.866. The largest absolute Gasteiger partial charge is 0.411 e. The number of nitrogens with one attached hydrogen (secondary N) is 1. The van der Waals surface area contributed by atoms with Gasteiger partial charge in [0.05, 0.1) is 17.7 Å². The number of fused-ring (bicyclic) bond motifs is 2. The van der Waals surface area contributed by atoms with E-state index in [0.29, 0.717) is 35.6 Å². The Morgan fingerprint density at radius 1 is 1.24 bits per heavy atom. The van der Waals surface area contributed by atoms with Crippen molar-refractivity contribution in [3.8, 4) is 11.6 Å². The molecule has 0 spiro atoms. The van der Waals surface area contributed by atoms with E-state index in [4.69, 9.17) is 4.42 Å². The normalized spacial score (nSPS) is 15.7. The number of hydrogen-bond donors (Lipinski definition) is 1. The number of aromatic nitrogens is 7. The Labute approximate surface area is 186 Å². The molecule has 11 heteroatoms. The average Bonchev–Trinajstić information content (AvgIpc) is 3.57. The summed E-state index contributed by atoms with van der Waals surface area (Å²) in [6.07, 6.45) is 3.80. The van der Waals surface area contributed by atoms with Crippen molar-refractivity contribution < 1.29 is 13.6 Å². The Kier molecular flexibility index (Phi) is 4.28. The van der Waals surface area contributed by atoms with Crippen molar-refractivity contribution >= 4 is 11.4 Å². The molecule has 6 rings (SSSR count). The SMILES string of the molecule is Cc1cccc(-c2nnc(C(=O)N3CCc4[nH]cnc4[C@@H]3c3cc4c(F)cccn4n3)o2)n1. The van der Waals surface area contributed by atoms with E-state index in [0.717, 1.165) is 11.4 Å². The van der Waals surface area contributed by atoms with Crippen molar-refractivity contribution in [3.63, 3.8) is 0 Å². The molecule has 1 aliphatic heterocycles. The highest BCUT2D eigenvalue weighted by molar-refractivity contribution is 5.90. The number of H-pyrrole nitrogens is 1. The molecule has 0 saturated heterocycles. The lowest BCUT2D eigenvalue weighted by Crippen LogP contribution is -2.41. The van der Waals surface area contributed by atoms with Crippen LogP contribution < -0.4 is 0 Å². The molecular weight excluding hydrogens is 427 g/mol. The molecule has 164 valence electrons. The minimum atomic E-state index is -0.640. The molecule has 1 amide bonds. The van der Waals surface area contributed by atoms with Crippen LogP contribution in [0.1, 0.15) is 39.5 Å². The van der Waals surface area contributed by atoms with Crippen LogP contribution in [-0.4, -0.2) is 52.1 Å². The first-order valence-corrected chi connectivity index (χ1v) is 10.3. The molecule has 0 radical (unpaired) electrons. The van der Waals surface area contributed by atoms with E-state index in [2.05, 4.69) is 30.2 Å². The van der Waals surface area contributed by atoms with E-state index < -0.39 is 17.8 Å². The molecule has 33 heavy (non-hydrogen) atoms. The Bertz CT molecular complexity index is 1500. The molecule has 0 bridgehead atoms. The van der Waals surface area contributed by atoms with Crippen LogP contribution in [0.2, 0.25) is 0 Å². The maximum Gasteiger partial charge on any atom is 0.312 e. The number of pyridine rings is 2. The van der Waals surface area contributed by atoms with Gasteiger partial charge < -0.3 is 14.3 Å². The number of aryl methyl sites for hydroxylation is 1. The molecule has 5 aromatic rings. The molecule has 1 atom stereocenters. The van der Waals surface area contributed by atoms with Crippen LogP contribution in [0.15, 0.2) is 53.3 Å². The summed E-state index contributed by atoms with van der Waals surface area (Å²) in [5.41, 5.74) is 3.63. The van der Waals surface area contributed by atoms with Gasteiger partial charge in [-0.2, -0.15) is 5.10 Å². The number of aromatic amines is 1. The molecule has 0 aromatic carbocycles. The first-order chi connectivity index (χ1) is 16.1. The summed E-state index contributed by atoms with van der Waals surface area (Å²) >= 11 is 0. The number of amides is 1. The van der Waals surface area contributed by atoms with Crippen LogP contribution in [0.5, 0.6) is 0 Å². The van der Waals surface area contributed by atoms with Gasteiger partial charge in [0.15, 0.2) is 0 Å². The lowest BCUT2D eigenvalue weighted by Gasteiger charge is -2.32. The average molecular weight is 444 g/mol. The minimum absolute atomic E-state index is 0.158. The third kappa shape index (κ3) is 3.16. The van der Waals surface area contributed by atoms with E-state index in [1.165, 1.54) is 10.6 Å². The summed E-state index contributed by atoms with van der Waals surface area (Å²) in [6, 6.07) is 9.33. The van der Waals surface area contributed by atoms with Gasteiger partial charge in [0.2, 0.25) is 0 Å². The van der Waals surface area contributed by atoms with Crippen molar-refractivity contribution in [1.29, 1.82) is 0 Å². The van der Waals surface area contributed by atoms with E-state index in [1.807, 2.05) is 19.1 Å². The number of carbonyl (C=O) groups is 1. The first-order valence-electron chi connectivity index (χ1n) is 10.3. The van der Waals surface area contributed by atoms with Crippen LogP contribution in [0.4, 0.5) is 4.39 Å². The fourth-order valence-corrected chi connectivity index (χ4v) is 4.13. The van der Waals surface area contributed by atoms with Gasteiger partial charge in [-0.3, -0.25) is 4.79 Å². The second-order valence-electron chi connectivity index (χ2n) is 7.75. The Balaban J connectivity index is 1.40. The molecule has 5 aromatic heterocycles. The van der Waals surface area contributed by atoms with Crippen molar-refractivity contribution in [2.75, 3.05) is 6.54 Å². The zero-order valence-electron chi connectivity index (χ0n) is 17.4. The van der Waals surface area contributed by atoms with Gasteiger partial charge in [-0.25, -0.2) is 18.9 Å². The quantitative estimate of drug-likeness (QED) is 0.455. The maximum atomic E-state index is 14.3. The predicted molar refractivity (Wildman–Crippen MR) is 113 cm³/mol. The standard InChI is InChI=1S/C22H17FN8O2/c1-12-4-2-6-15(26-12)20-27-28-21(33-20)22(32)30-9-7-14-18(25-11-24-14)19(30)16-10-17-13(23)5-3-8-31(17)29-16/h2-6,8,10-11,19H,7,9H2,1H3,(H,24,25)/t19-/m0/s1. The molecule has 0 saturated carbocycles. The summed E-state index contributed by atoms with van der Waals surface area (Å²) in [5, 5.41) is 12.5. The lowest BCUT2D eigenvalue weighted by atomic mass is 9.99. The van der Waals surface area contributed by atoms with Crippen molar-refractivity contribution in [1.82, 2.24) is 39.7 Å². The molecule has 0 aliphatic carbocycles. The second kappa shape index (κ2) is 7.33. The van der Waals surface area contributed by atoms with Crippen molar-refractivity contribution in [3.05, 3.63) is 83.4 Å². The third-order valence-corrected chi connectivity index (χ3v) is 5.65. The minimum Gasteiger partial charge on any atom is -0.411 e. The number of halogens is 1. The van der Waals surface area contributed by atoms with E-state index in [-0.39, 0.29) is 11.8 Å². The van der Waals surface area contributed by atoms with Crippen molar-refractivity contribution in [2.24, 2.45) is 0 Å². The van der Waals surface area contributed by atoms with Gasteiger partial charge in [-0.1, -0.05) is 6.07 Å². The van der Waals surface area contributed by atoms with Gasteiger partial charge in [-0.05, 0) is 37.3 Å². The smallest absolute Gasteiger partial charge is 0.312 e. The number of imidazole rings is 1. The first kappa shape index (κ1) is 19.3. The molecule has 0 unspecified atom stereocenters. The van der Waals surface area contributed by atoms with Gasteiger partial charge in [0.25, 0.3) is 5.89 Å².